The maximum atomic E-state index is 12.1. The highest BCUT2D eigenvalue weighted by Gasteiger charge is 2.23. The SMILES string of the molecule is Cc1ccc(C)c(C2=C/C(=C\c3ccc(Cl)cc3)C(=O)O2)c1. The molecular formula is C19H15ClO2. The van der Waals surface area contributed by atoms with E-state index >= 15 is 0 Å². The molecule has 0 bridgehead atoms. The number of esters is 1. The van der Waals surface area contributed by atoms with Crippen LogP contribution in [0.25, 0.3) is 11.8 Å². The maximum absolute atomic E-state index is 12.1. The number of aryl methyl sites for hydroxylation is 2. The van der Waals surface area contributed by atoms with E-state index in [9.17, 15) is 4.79 Å². The normalized spacial score (nSPS) is 15.9. The second kappa shape index (κ2) is 5.82. The zero-order chi connectivity index (χ0) is 15.7. The van der Waals surface area contributed by atoms with Gasteiger partial charge in [-0.25, -0.2) is 4.79 Å². The molecule has 2 aromatic rings. The van der Waals surface area contributed by atoms with Crippen LogP contribution in [-0.4, -0.2) is 5.97 Å². The molecule has 1 aliphatic heterocycles. The molecule has 3 heteroatoms. The van der Waals surface area contributed by atoms with Crippen LogP contribution < -0.4 is 0 Å². The van der Waals surface area contributed by atoms with Gasteiger partial charge in [-0.05, 0) is 55.3 Å². The highest BCUT2D eigenvalue weighted by Crippen LogP contribution is 2.30. The van der Waals surface area contributed by atoms with Crippen LogP contribution in [0, 0.1) is 13.8 Å². The number of cyclic esters (lactones) is 1. The fraction of sp³-hybridized carbons (Fsp3) is 0.105. The van der Waals surface area contributed by atoms with Crippen LogP contribution >= 0.6 is 11.6 Å². The molecule has 22 heavy (non-hydrogen) atoms. The van der Waals surface area contributed by atoms with Crippen molar-refractivity contribution < 1.29 is 9.53 Å². The molecule has 3 rings (SSSR count). The molecule has 0 N–H and O–H groups in total. The van der Waals surface area contributed by atoms with E-state index in [-0.39, 0.29) is 5.97 Å². The number of halogens is 1. The second-order valence-corrected chi connectivity index (χ2v) is 5.80. The molecule has 0 saturated heterocycles. The van der Waals surface area contributed by atoms with Crippen molar-refractivity contribution >= 4 is 29.4 Å². The topological polar surface area (TPSA) is 26.3 Å². The quantitative estimate of drug-likeness (QED) is 0.580. The summed E-state index contributed by atoms with van der Waals surface area (Å²) >= 11 is 5.87. The van der Waals surface area contributed by atoms with Gasteiger partial charge in [-0.3, -0.25) is 0 Å². The Morgan fingerprint density at radius 2 is 1.77 bits per heavy atom. The highest BCUT2D eigenvalue weighted by molar-refractivity contribution is 6.30. The first-order chi connectivity index (χ1) is 10.5. The average Bonchev–Trinajstić information content (AvgIpc) is 2.85. The second-order valence-electron chi connectivity index (χ2n) is 5.37. The van der Waals surface area contributed by atoms with Crippen molar-refractivity contribution in [3.63, 3.8) is 0 Å². The number of ether oxygens (including phenoxy) is 1. The number of hydrogen-bond acceptors (Lipinski definition) is 2. The first-order valence-electron chi connectivity index (χ1n) is 7.02. The van der Waals surface area contributed by atoms with Gasteiger partial charge >= 0.3 is 5.97 Å². The molecule has 0 spiro atoms. The van der Waals surface area contributed by atoms with E-state index < -0.39 is 0 Å². The van der Waals surface area contributed by atoms with Gasteiger partial charge in [-0.1, -0.05) is 41.4 Å². The van der Waals surface area contributed by atoms with Gasteiger partial charge in [0.15, 0.2) is 0 Å². The van der Waals surface area contributed by atoms with Crippen LogP contribution in [0.5, 0.6) is 0 Å². The van der Waals surface area contributed by atoms with Crippen molar-refractivity contribution in [2.24, 2.45) is 0 Å². The smallest absolute Gasteiger partial charge is 0.343 e. The van der Waals surface area contributed by atoms with Crippen molar-refractivity contribution in [2.75, 3.05) is 0 Å². The number of carbonyl (C=O) groups is 1. The Balaban J connectivity index is 1.97. The lowest BCUT2D eigenvalue weighted by Crippen LogP contribution is -1.98. The van der Waals surface area contributed by atoms with Gasteiger partial charge in [0.2, 0.25) is 0 Å². The van der Waals surface area contributed by atoms with Crippen LogP contribution in [0.15, 0.2) is 54.1 Å². The number of carbonyl (C=O) groups excluding carboxylic acids is 1. The van der Waals surface area contributed by atoms with Crippen molar-refractivity contribution in [3.05, 3.63) is 81.4 Å². The van der Waals surface area contributed by atoms with Crippen molar-refractivity contribution in [3.8, 4) is 0 Å². The predicted molar refractivity (Wildman–Crippen MR) is 89.4 cm³/mol. The van der Waals surface area contributed by atoms with Crippen LogP contribution in [0.4, 0.5) is 0 Å². The van der Waals surface area contributed by atoms with Crippen molar-refractivity contribution in [1.29, 1.82) is 0 Å². The first-order valence-corrected chi connectivity index (χ1v) is 7.39. The Kier molecular flexibility index (Phi) is 3.86. The zero-order valence-electron chi connectivity index (χ0n) is 12.4. The van der Waals surface area contributed by atoms with E-state index in [0.29, 0.717) is 16.4 Å². The van der Waals surface area contributed by atoms with Crippen LogP contribution in [0.3, 0.4) is 0 Å². The lowest BCUT2D eigenvalue weighted by molar-refractivity contribution is -0.130. The third kappa shape index (κ3) is 2.97. The molecule has 1 heterocycles. The van der Waals surface area contributed by atoms with Crippen LogP contribution in [0.2, 0.25) is 5.02 Å². The Morgan fingerprint density at radius 3 is 2.50 bits per heavy atom. The summed E-state index contributed by atoms with van der Waals surface area (Å²) in [4.78, 5) is 12.1. The molecule has 0 aromatic heterocycles. The monoisotopic (exact) mass is 310 g/mol. The Hall–Kier alpha value is -2.32. The van der Waals surface area contributed by atoms with E-state index in [1.807, 2.05) is 44.2 Å². The molecule has 0 unspecified atom stereocenters. The minimum Gasteiger partial charge on any atom is -0.422 e. The van der Waals surface area contributed by atoms with Gasteiger partial charge in [0.05, 0.1) is 5.57 Å². The van der Waals surface area contributed by atoms with Gasteiger partial charge in [0, 0.05) is 10.6 Å². The number of benzene rings is 2. The summed E-state index contributed by atoms with van der Waals surface area (Å²) in [5.74, 6) is 0.275. The largest absolute Gasteiger partial charge is 0.422 e. The fourth-order valence-corrected chi connectivity index (χ4v) is 2.49. The highest BCUT2D eigenvalue weighted by atomic mass is 35.5. The molecule has 0 amide bonds. The minimum atomic E-state index is -0.328. The average molecular weight is 311 g/mol. The van der Waals surface area contributed by atoms with Crippen molar-refractivity contribution in [2.45, 2.75) is 13.8 Å². The minimum absolute atomic E-state index is 0.328. The van der Waals surface area contributed by atoms with E-state index in [1.54, 1.807) is 24.3 Å². The molecule has 110 valence electrons. The third-order valence-electron chi connectivity index (χ3n) is 3.58. The third-order valence-corrected chi connectivity index (χ3v) is 3.83. The van der Waals surface area contributed by atoms with E-state index in [2.05, 4.69) is 0 Å². The van der Waals surface area contributed by atoms with Crippen LogP contribution in [-0.2, 0) is 9.53 Å². The van der Waals surface area contributed by atoms with Gasteiger partial charge in [-0.15, -0.1) is 0 Å². The summed E-state index contributed by atoms with van der Waals surface area (Å²) in [6.45, 7) is 4.02. The Bertz CT molecular complexity index is 799. The summed E-state index contributed by atoms with van der Waals surface area (Å²) in [6, 6.07) is 13.4. The number of hydrogen-bond donors (Lipinski definition) is 0. The maximum Gasteiger partial charge on any atom is 0.343 e. The predicted octanol–water partition coefficient (Wildman–Crippen LogP) is 4.94. The molecule has 0 radical (unpaired) electrons. The summed E-state index contributed by atoms with van der Waals surface area (Å²) in [5.41, 5.74) is 4.62. The molecule has 1 aliphatic rings. The standard InChI is InChI=1S/C19H15ClO2/c1-12-3-4-13(2)17(9-12)18-11-15(19(21)22-18)10-14-5-7-16(20)8-6-14/h3-11H,1-2H3/b15-10+. The molecule has 0 aliphatic carbocycles. The zero-order valence-corrected chi connectivity index (χ0v) is 13.1. The molecule has 2 aromatic carbocycles. The number of rotatable bonds is 2. The first kappa shape index (κ1) is 14.6. The molecule has 2 nitrogen and oxygen atoms in total. The van der Waals surface area contributed by atoms with E-state index in [0.717, 1.165) is 22.3 Å². The summed E-state index contributed by atoms with van der Waals surface area (Å²) in [5, 5.41) is 0.669. The Morgan fingerprint density at radius 1 is 1.05 bits per heavy atom. The summed E-state index contributed by atoms with van der Waals surface area (Å²) < 4.78 is 5.42. The van der Waals surface area contributed by atoms with Gasteiger partial charge in [0.25, 0.3) is 0 Å². The molecule has 0 saturated carbocycles. The van der Waals surface area contributed by atoms with Gasteiger partial charge in [-0.2, -0.15) is 0 Å². The van der Waals surface area contributed by atoms with Crippen LogP contribution in [0.1, 0.15) is 22.3 Å². The lowest BCUT2D eigenvalue weighted by Gasteiger charge is -2.06. The molecular weight excluding hydrogens is 296 g/mol. The van der Waals surface area contributed by atoms with Gasteiger partial charge in [0.1, 0.15) is 5.76 Å². The van der Waals surface area contributed by atoms with E-state index in [1.165, 1.54) is 0 Å². The van der Waals surface area contributed by atoms with Gasteiger partial charge < -0.3 is 4.74 Å². The van der Waals surface area contributed by atoms with Crippen molar-refractivity contribution in [1.82, 2.24) is 0 Å². The Labute approximate surface area is 134 Å². The summed E-state index contributed by atoms with van der Waals surface area (Å²) in [7, 11) is 0. The molecule has 0 atom stereocenters. The van der Waals surface area contributed by atoms with E-state index in [4.69, 9.17) is 16.3 Å². The summed E-state index contributed by atoms with van der Waals surface area (Å²) in [6.07, 6.45) is 3.59. The lowest BCUT2D eigenvalue weighted by atomic mass is 10.0. The fourth-order valence-electron chi connectivity index (χ4n) is 2.36. The molecule has 0 fully saturated rings.